The summed E-state index contributed by atoms with van der Waals surface area (Å²) in [4.78, 5) is 30.9. The molecule has 6 nitrogen and oxygen atoms in total. The molecule has 3 aromatic rings. The maximum absolute atomic E-state index is 13.0. The summed E-state index contributed by atoms with van der Waals surface area (Å²) >= 11 is 1.51. The Morgan fingerprint density at radius 1 is 1.21 bits per heavy atom. The van der Waals surface area contributed by atoms with Crippen LogP contribution in [0.1, 0.15) is 55.3 Å². The number of hydrogen-bond acceptors (Lipinski definition) is 5. The van der Waals surface area contributed by atoms with Gasteiger partial charge in [0.1, 0.15) is 10.8 Å². The van der Waals surface area contributed by atoms with Gasteiger partial charge in [-0.1, -0.05) is 6.07 Å². The second kappa shape index (κ2) is 7.98. The summed E-state index contributed by atoms with van der Waals surface area (Å²) in [5.41, 5.74) is 3.07. The number of carbonyl (C=O) groups is 2. The third-order valence-corrected chi connectivity index (χ3v) is 6.11. The number of nitrogens with zero attached hydrogens (tertiary/aromatic N) is 1. The Bertz CT molecular complexity index is 1010. The molecule has 1 aliphatic rings. The average molecular weight is 395 g/mol. The Morgan fingerprint density at radius 2 is 2.07 bits per heavy atom. The van der Waals surface area contributed by atoms with E-state index in [0.717, 1.165) is 36.8 Å². The van der Waals surface area contributed by atoms with Gasteiger partial charge >= 0.3 is 0 Å². The molecule has 0 aliphatic heterocycles. The SMILES string of the molecule is Cc1occc1C(=O)Nc1sc2c(c1C(=O)NCc1cccnc1)CCCC2. The molecular weight excluding hydrogens is 374 g/mol. The smallest absolute Gasteiger partial charge is 0.259 e. The largest absolute Gasteiger partial charge is 0.469 e. The number of amides is 2. The molecule has 28 heavy (non-hydrogen) atoms. The van der Waals surface area contributed by atoms with Gasteiger partial charge in [0.15, 0.2) is 0 Å². The molecule has 0 unspecified atom stereocenters. The van der Waals surface area contributed by atoms with Crippen molar-refractivity contribution < 1.29 is 14.0 Å². The van der Waals surface area contributed by atoms with Gasteiger partial charge in [0.05, 0.1) is 17.4 Å². The minimum Gasteiger partial charge on any atom is -0.469 e. The molecule has 0 fully saturated rings. The van der Waals surface area contributed by atoms with E-state index in [1.807, 2.05) is 12.1 Å². The van der Waals surface area contributed by atoms with Crippen molar-refractivity contribution in [1.29, 1.82) is 0 Å². The standard InChI is InChI=1S/C21H21N3O3S/c1-13-15(8-10-27-13)19(25)24-21-18(16-6-2-3-7-17(16)28-21)20(26)23-12-14-5-4-9-22-11-14/h4-5,8-11H,2-3,6-7,12H2,1H3,(H,23,26)(H,24,25). The van der Waals surface area contributed by atoms with Gasteiger partial charge in [-0.2, -0.15) is 0 Å². The molecular formula is C21H21N3O3S. The van der Waals surface area contributed by atoms with Crippen LogP contribution in [0.5, 0.6) is 0 Å². The number of aryl methyl sites for hydroxylation is 2. The molecule has 3 aromatic heterocycles. The van der Waals surface area contributed by atoms with Gasteiger partial charge in [0.2, 0.25) is 0 Å². The van der Waals surface area contributed by atoms with Crippen LogP contribution in [0.4, 0.5) is 5.00 Å². The van der Waals surface area contributed by atoms with Crippen LogP contribution in [0, 0.1) is 6.92 Å². The van der Waals surface area contributed by atoms with Gasteiger partial charge in [-0.05, 0) is 55.9 Å². The molecule has 0 spiro atoms. The Labute approximate surface area is 167 Å². The third-order valence-electron chi connectivity index (χ3n) is 4.90. The Hall–Kier alpha value is -2.93. The minimum atomic E-state index is -0.258. The molecule has 0 aromatic carbocycles. The highest BCUT2D eigenvalue weighted by Gasteiger charge is 2.27. The molecule has 144 valence electrons. The predicted octanol–water partition coefficient (Wildman–Crippen LogP) is 4.11. The van der Waals surface area contributed by atoms with Gasteiger partial charge in [-0.25, -0.2) is 0 Å². The van der Waals surface area contributed by atoms with Crippen molar-refractivity contribution >= 4 is 28.2 Å². The van der Waals surface area contributed by atoms with E-state index >= 15 is 0 Å². The van der Waals surface area contributed by atoms with Crippen molar-refractivity contribution in [3.63, 3.8) is 0 Å². The molecule has 3 heterocycles. The van der Waals surface area contributed by atoms with Crippen molar-refractivity contribution in [1.82, 2.24) is 10.3 Å². The summed E-state index contributed by atoms with van der Waals surface area (Å²) in [5.74, 6) is 0.134. The molecule has 2 N–H and O–H groups in total. The molecule has 0 radical (unpaired) electrons. The second-order valence-corrected chi connectivity index (χ2v) is 7.91. The molecule has 4 rings (SSSR count). The summed E-state index contributed by atoms with van der Waals surface area (Å²) in [5, 5.41) is 6.52. The number of aromatic nitrogens is 1. The molecule has 0 saturated carbocycles. The lowest BCUT2D eigenvalue weighted by molar-refractivity contribution is 0.0951. The zero-order chi connectivity index (χ0) is 19.5. The number of furan rings is 1. The van der Waals surface area contributed by atoms with Crippen LogP contribution in [0.25, 0.3) is 0 Å². The highest BCUT2D eigenvalue weighted by molar-refractivity contribution is 7.17. The summed E-state index contributed by atoms with van der Waals surface area (Å²) in [6.07, 6.45) is 8.90. The maximum Gasteiger partial charge on any atom is 0.259 e. The van der Waals surface area contributed by atoms with Crippen molar-refractivity contribution in [2.45, 2.75) is 39.2 Å². The van der Waals surface area contributed by atoms with Crippen molar-refractivity contribution in [3.8, 4) is 0 Å². The average Bonchev–Trinajstić information content (AvgIpc) is 3.30. The summed E-state index contributed by atoms with van der Waals surface area (Å²) < 4.78 is 5.23. The van der Waals surface area contributed by atoms with E-state index in [9.17, 15) is 9.59 Å². The van der Waals surface area contributed by atoms with E-state index in [-0.39, 0.29) is 11.8 Å². The normalized spacial score (nSPS) is 13.0. The number of thiophene rings is 1. The number of pyridine rings is 1. The zero-order valence-corrected chi connectivity index (χ0v) is 16.4. The van der Waals surface area contributed by atoms with Crippen molar-refractivity contribution in [3.05, 3.63) is 69.7 Å². The highest BCUT2D eigenvalue weighted by atomic mass is 32.1. The first kappa shape index (κ1) is 18.4. The summed E-state index contributed by atoms with van der Waals surface area (Å²) in [6.45, 7) is 2.14. The number of rotatable bonds is 5. The van der Waals surface area contributed by atoms with Crippen LogP contribution < -0.4 is 10.6 Å². The van der Waals surface area contributed by atoms with E-state index in [4.69, 9.17) is 4.42 Å². The molecule has 0 saturated heterocycles. The number of nitrogens with one attached hydrogen (secondary N) is 2. The second-order valence-electron chi connectivity index (χ2n) is 6.80. The molecule has 0 atom stereocenters. The van der Waals surface area contributed by atoms with E-state index in [0.29, 0.717) is 28.4 Å². The lowest BCUT2D eigenvalue weighted by Gasteiger charge is -2.13. The van der Waals surface area contributed by atoms with E-state index < -0.39 is 0 Å². The third kappa shape index (κ3) is 3.71. The maximum atomic E-state index is 13.0. The quantitative estimate of drug-likeness (QED) is 0.681. The molecule has 0 bridgehead atoms. The lowest BCUT2D eigenvalue weighted by atomic mass is 9.95. The predicted molar refractivity (Wildman–Crippen MR) is 108 cm³/mol. The van der Waals surface area contributed by atoms with E-state index in [1.54, 1.807) is 25.4 Å². The van der Waals surface area contributed by atoms with Crippen LogP contribution in [-0.4, -0.2) is 16.8 Å². The first-order valence-corrected chi connectivity index (χ1v) is 10.1. The lowest BCUT2D eigenvalue weighted by Crippen LogP contribution is -2.25. The molecule has 2 amide bonds. The molecule has 1 aliphatic carbocycles. The summed E-state index contributed by atoms with van der Waals surface area (Å²) in [6, 6.07) is 5.40. The van der Waals surface area contributed by atoms with Gasteiger partial charge in [-0.15, -0.1) is 11.3 Å². The number of anilines is 1. The minimum absolute atomic E-state index is 0.164. The van der Waals surface area contributed by atoms with Crippen LogP contribution >= 0.6 is 11.3 Å². The van der Waals surface area contributed by atoms with Crippen LogP contribution in [0.15, 0.2) is 41.3 Å². The van der Waals surface area contributed by atoms with Gasteiger partial charge in [0.25, 0.3) is 11.8 Å². The van der Waals surface area contributed by atoms with Gasteiger partial charge in [0, 0.05) is 23.8 Å². The fourth-order valence-corrected chi connectivity index (χ4v) is 4.74. The van der Waals surface area contributed by atoms with Crippen molar-refractivity contribution in [2.24, 2.45) is 0 Å². The van der Waals surface area contributed by atoms with E-state index in [1.165, 1.54) is 22.5 Å². The Balaban J connectivity index is 1.59. The summed E-state index contributed by atoms with van der Waals surface area (Å²) in [7, 11) is 0. The van der Waals surface area contributed by atoms with Crippen LogP contribution in [-0.2, 0) is 19.4 Å². The topological polar surface area (TPSA) is 84.2 Å². The van der Waals surface area contributed by atoms with Crippen LogP contribution in [0.3, 0.4) is 0 Å². The fourth-order valence-electron chi connectivity index (χ4n) is 3.46. The van der Waals surface area contributed by atoms with Gasteiger partial charge in [-0.3, -0.25) is 14.6 Å². The monoisotopic (exact) mass is 395 g/mol. The van der Waals surface area contributed by atoms with Crippen LogP contribution in [0.2, 0.25) is 0 Å². The van der Waals surface area contributed by atoms with E-state index in [2.05, 4.69) is 15.6 Å². The van der Waals surface area contributed by atoms with Crippen molar-refractivity contribution in [2.75, 3.05) is 5.32 Å². The number of hydrogen-bond donors (Lipinski definition) is 2. The highest BCUT2D eigenvalue weighted by Crippen LogP contribution is 2.38. The Morgan fingerprint density at radius 3 is 2.82 bits per heavy atom. The fraction of sp³-hybridized carbons (Fsp3) is 0.286. The zero-order valence-electron chi connectivity index (χ0n) is 15.6. The first-order valence-electron chi connectivity index (χ1n) is 9.30. The first-order chi connectivity index (χ1) is 13.6. The Kier molecular flexibility index (Phi) is 5.25. The molecule has 7 heteroatoms. The number of carbonyl (C=O) groups excluding carboxylic acids is 2. The van der Waals surface area contributed by atoms with Gasteiger partial charge < -0.3 is 15.1 Å². The number of fused-ring (bicyclic) bond motifs is 1.